The molecule has 2 aromatic carbocycles. The minimum atomic E-state index is -0.680. The number of hydrogen-bond acceptors (Lipinski definition) is 3. The van der Waals surface area contributed by atoms with Crippen LogP contribution in [0.3, 0.4) is 0 Å². The summed E-state index contributed by atoms with van der Waals surface area (Å²) in [6.45, 7) is 3.73. The lowest BCUT2D eigenvalue weighted by Crippen LogP contribution is -2.33. The zero-order valence-electron chi connectivity index (χ0n) is 15.7. The highest BCUT2D eigenvalue weighted by molar-refractivity contribution is 6.30. The van der Waals surface area contributed by atoms with Crippen molar-refractivity contribution >= 4 is 23.3 Å². The van der Waals surface area contributed by atoms with E-state index in [4.69, 9.17) is 11.6 Å². The fourth-order valence-electron chi connectivity index (χ4n) is 3.34. The number of rotatable bonds is 6. The molecular formula is C22H21ClFNO3. The molecule has 2 aromatic rings. The predicted molar refractivity (Wildman–Crippen MR) is 106 cm³/mol. The van der Waals surface area contributed by atoms with E-state index in [9.17, 15) is 19.1 Å². The van der Waals surface area contributed by atoms with E-state index in [2.05, 4.69) is 0 Å². The molecule has 6 heteroatoms. The van der Waals surface area contributed by atoms with E-state index < -0.39 is 17.7 Å². The van der Waals surface area contributed by atoms with Crippen LogP contribution in [-0.2, 0) is 16.0 Å². The lowest BCUT2D eigenvalue weighted by molar-refractivity contribution is -0.129. The van der Waals surface area contributed by atoms with Crippen molar-refractivity contribution in [2.45, 2.75) is 26.3 Å². The first-order valence-electron chi connectivity index (χ1n) is 9.07. The highest BCUT2D eigenvalue weighted by atomic mass is 35.5. The van der Waals surface area contributed by atoms with Crippen LogP contribution in [0.2, 0.25) is 5.02 Å². The molecule has 0 radical (unpaired) electrons. The second-order valence-electron chi connectivity index (χ2n) is 7.11. The molecule has 1 amide bonds. The summed E-state index contributed by atoms with van der Waals surface area (Å²) in [5, 5.41) is 11.0. The van der Waals surface area contributed by atoms with Gasteiger partial charge in [-0.25, -0.2) is 4.39 Å². The van der Waals surface area contributed by atoms with Crippen molar-refractivity contribution in [3.63, 3.8) is 0 Å². The molecule has 1 unspecified atom stereocenters. The van der Waals surface area contributed by atoms with Gasteiger partial charge >= 0.3 is 0 Å². The number of benzene rings is 2. The number of Topliss-reactive ketones (excluding diaryl/α,β-unsaturated/α-hetero) is 1. The summed E-state index contributed by atoms with van der Waals surface area (Å²) in [6.07, 6.45) is 0.465. The Bertz CT molecular complexity index is 920. The van der Waals surface area contributed by atoms with Crippen LogP contribution in [0.1, 0.15) is 31.0 Å². The summed E-state index contributed by atoms with van der Waals surface area (Å²) in [4.78, 5) is 27.0. The molecule has 1 aliphatic rings. The second-order valence-corrected chi connectivity index (χ2v) is 7.55. The molecule has 0 bridgehead atoms. The van der Waals surface area contributed by atoms with E-state index in [1.807, 2.05) is 0 Å². The second kappa shape index (κ2) is 8.15. The Morgan fingerprint density at radius 3 is 2.32 bits per heavy atom. The molecule has 1 atom stereocenters. The van der Waals surface area contributed by atoms with Gasteiger partial charge in [-0.15, -0.1) is 0 Å². The van der Waals surface area contributed by atoms with Crippen molar-refractivity contribution < 1.29 is 19.1 Å². The topological polar surface area (TPSA) is 57.6 Å². The summed E-state index contributed by atoms with van der Waals surface area (Å²) in [5.74, 6) is -2.04. The monoisotopic (exact) mass is 401 g/mol. The third kappa shape index (κ3) is 3.94. The Morgan fingerprint density at radius 2 is 1.75 bits per heavy atom. The van der Waals surface area contributed by atoms with Crippen LogP contribution in [0.5, 0.6) is 0 Å². The highest BCUT2D eigenvalue weighted by Crippen LogP contribution is 2.39. The quantitative estimate of drug-likeness (QED) is 0.767. The maximum atomic E-state index is 13.1. The molecular weight excluding hydrogens is 381 g/mol. The molecule has 4 nitrogen and oxygen atoms in total. The van der Waals surface area contributed by atoms with Crippen LogP contribution in [-0.4, -0.2) is 28.2 Å². The van der Waals surface area contributed by atoms with E-state index in [1.54, 1.807) is 50.2 Å². The van der Waals surface area contributed by atoms with E-state index in [-0.39, 0.29) is 29.6 Å². The summed E-state index contributed by atoms with van der Waals surface area (Å²) >= 11 is 5.98. The largest absolute Gasteiger partial charge is 0.503 e. The first-order valence-corrected chi connectivity index (χ1v) is 9.45. The maximum absolute atomic E-state index is 13.1. The highest BCUT2D eigenvalue weighted by Gasteiger charge is 2.43. The standard InChI is InChI=1S/C22H21ClFNO3/c1-13(2)20(26)18-19(15-5-7-16(23)8-6-15)25(22(28)21(18)27)12-11-14-3-9-17(24)10-4-14/h3-10,13,19,27H,11-12H2,1-2H3. The van der Waals surface area contributed by atoms with Crippen molar-refractivity contribution in [2.75, 3.05) is 6.54 Å². The third-order valence-corrected chi connectivity index (χ3v) is 5.09. The molecule has 0 spiro atoms. The summed E-state index contributed by atoms with van der Waals surface area (Å²) in [5.41, 5.74) is 1.67. The first kappa shape index (κ1) is 20.1. The average Bonchev–Trinajstić information content (AvgIpc) is 2.92. The van der Waals surface area contributed by atoms with Crippen LogP contribution < -0.4 is 0 Å². The zero-order valence-corrected chi connectivity index (χ0v) is 16.4. The number of hydrogen-bond donors (Lipinski definition) is 1. The van der Waals surface area contributed by atoms with Gasteiger partial charge in [0.25, 0.3) is 5.91 Å². The first-order chi connectivity index (χ1) is 13.3. The van der Waals surface area contributed by atoms with Crippen molar-refractivity contribution in [3.8, 4) is 0 Å². The fourth-order valence-corrected chi connectivity index (χ4v) is 3.47. The number of carbonyl (C=O) groups is 2. The average molecular weight is 402 g/mol. The third-order valence-electron chi connectivity index (χ3n) is 4.83. The van der Waals surface area contributed by atoms with Gasteiger partial charge in [0.2, 0.25) is 0 Å². The lowest BCUT2D eigenvalue weighted by atomic mass is 9.91. The van der Waals surface area contributed by atoms with Gasteiger partial charge in [0.1, 0.15) is 5.82 Å². The predicted octanol–water partition coefficient (Wildman–Crippen LogP) is 4.64. The molecule has 1 aliphatic heterocycles. The number of nitrogens with zero attached hydrogens (tertiary/aromatic N) is 1. The number of aliphatic hydroxyl groups excluding tert-OH is 1. The van der Waals surface area contributed by atoms with Crippen LogP contribution in [0.25, 0.3) is 0 Å². The Labute approximate surface area is 168 Å². The van der Waals surface area contributed by atoms with Crippen molar-refractivity contribution in [1.29, 1.82) is 0 Å². The van der Waals surface area contributed by atoms with Gasteiger partial charge < -0.3 is 10.0 Å². The molecule has 1 N–H and O–H groups in total. The van der Waals surface area contributed by atoms with Gasteiger partial charge in [-0.05, 0) is 41.8 Å². The smallest absolute Gasteiger partial charge is 0.290 e. The summed E-state index contributed by atoms with van der Waals surface area (Å²) < 4.78 is 13.1. The molecule has 146 valence electrons. The molecule has 0 aliphatic carbocycles. The van der Waals surface area contributed by atoms with Gasteiger partial charge in [0.05, 0.1) is 11.6 Å². The molecule has 28 heavy (non-hydrogen) atoms. The summed E-state index contributed by atoms with van der Waals surface area (Å²) in [6, 6.07) is 12.2. The van der Waals surface area contributed by atoms with E-state index >= 15 is 0 Å². The van der Waals surface area contributed by atoms with Gasteiger partial charge in [-0.1, -0.05) is 49.7 Å². The normalized spacial score (nSPS) is 17.0. The Morgan fingerprint density at radius 1 is 1.14 bits per heavy atom. The number of carbonyl (C=O) groups excluding carboxylic acids is 2. The van der Waals surface area contributed by atoms with Gasteiger partial charge in [0, 0.05) is 17.5 Å². The van der Waals surface area contributed by atoms with Crippen LogP contribution in [0.4, 0.5) is 4.39 Å². The van der Waals surface area contributed by atoms with Crippen molar-refractivity contribution in [2.24, 2.45) is 5.92 Å². The van der Waals surface area contributed by atoms with Gasteiger partial charge in [0.15, 0.2) is 11.5 Å². The fraction of sp³-hybridized carbons (Fsp3) is 0.273. The lowest BCUT2D eigenvalue weighted by Gasteiger charge is -2.27. The Balaban J connectivity index is 1.95. The zero-order chi connectivity index (χ0) is 20.4. The summed E-state index contributed by atoms with van der Waals surface area (Å²) in [7, 11) is 0. The molecule has 0 fully saturated rings. The number of amides is 1. The van der Waals surface area contributed by atoms with Crippen molar-refractivity contribution in [3.05, 3.63) is 81.8 Å². The van der Waals surface area contributed by atoms with Crippen LogP contribution in [0, 0.1) is 11.7 Å². The molecule has 1 heterocycles. The molecule has 0 saturated heterocycles. The van der Waals surface area contributed by atoms with E-state index in [0.717, 1.165) is 5.56 Å². The maximum Gasteiger partial charge on any atom is 0.290 e. The minimum absolute atomic E-state index is 0.112. The van der Waals surface area contributed by atoms with Gasteiger partial charge in [-0.2, -0.15) is 0 Å². The van der Waals surface area contributed by atoms with E-state index in [0.29, 0.717) is 17.0 Å². The van der Waals surface area contributed by atoms with Gasteiger partial charge in [-0.3, -0.25) is 9.59 Å². The molecule has 3 rings (SSSR count). The Kier molecular flexibility index (Phi) is 5.84. The molecule has 0 saturated carbocycles. The Hall–Kier alpha value is -2.66. The van der Waals surface area contributed by atoms with Crippen molar-refractivity contribution in [1.82, 2.24) is 4.90 Å². The SMILES string of the molecule is CC(C)C(=O)C1=C(O)C(=O)N(CCc2ccc(F)cc2)C1c1ccc(Cl)cc1. The number of ketones is 1. The van der Waals surface area contributed by atoms with Crippen LogP contribution in [0.15, 0.2) is 59.9 Å². The number of aliphatic hydroxyl groups is 1. The van der Waals surface area contributed by atoms with E-state index in [1.165, 1.54) is 17.0 Å². The minimum Gasteiger partial charge on any atom is -0.503 e. The van der Waals surface area contributed by atoms with Crippen LogP contribution >= 0.6 is 11.6 Å². The number of halogens is 2. The molecule has 0 aromatic heterocycles.